The van der Waals surface area contributed by atoms with E-state index in [0.29, 0.717) is 32.8 Å². The van der Waals surface area contributed by atoms with Gasteiger partial charge in [0, 0.05) is 23.2 Å². The van der Waals surface area contributed by atoms with Crippen molar-refractivity contribution in [3.63, 3.8) is 0 Å². The molecule has 1 aliphatic heterocycles. The number of carbonyl (C=O) groups excluding carboxylic acids is 1. The van der Waals surface area contributed by atoms with Crippen LogP contribution >= 0.6 is 22.9 Å². The fourth-order valence-electron chi connectivity index (χ4n) is 3.13. The minimum absolute atomic E-state index is 0.0746. The van der Waals surface area contributed by atoms with Gasteiger partial charge in [0.05, 0.1) is 15.5 Å². The van der Waals surface area contributed by atoms with E-state index in [4.69, 9.17) is 20.8 Å². The summed E-state index contributed by atoms with van der Waals surface area (Å²) in [5, 5.41) is 2.39. The SMILES string of the molecule is O=C1OC(c2ccccc2Cl)=NC1=Cc1ccc(-c2ccc(S(=O)(=O)Nc3nccs3)cc2)o1. The molecule has 0 unspecified atom stereocenters. The lowest BCUT2D eigenvalue weighted by Crippen LogP contribution is -2.12. The van der Waals surface area contributed by atoms with Crippen LogP contribution in [0.5, 0.6) is 0 Å². The molecule has 0 spiro atoms. The fourth-order valence-corrected chi connectivity index (χ4v) is 5.13. The van der Waals surface area contributed by atoms with Crippen molar-refractivity contribution in [3.05, 3.63) is 94.3 Å². The lowest BCUT2D eigenvalue weighted by Gasteiger charge is -2.05. The van der Waals surface area contributed by atoms with Gasteiger partial charge in [-0.05, 0) is 48.5 Å². The molecule has 34 heavy (non-hydrogen) atoms. The number of thiazole rings is 1. The summed E-state index contributed by atoms with van der Waals surface area (Å²) in [4.78, 5) is 20.5. The first kappa shape index (κ1) is 22.1. The summed E-state index contributed by atoms with van der Waals surface area (Å²) in [7, 11) is -3.75. The fraction of sp³-hybridized carbons (Fsp3) is 0. The monoisotopic (exact) mass is 511 g/mol. The van der Waals surface area contributed by atoms with Crippen LogP contribution in [0.1, 0.15) is 11.3 Å². The first-order chi connectivity index (χ1) is 16.4. The minimum Gasteiger partial charge on any atom is -0.457 e. The number of cyclic esters (lactones) is 1. The summed E-state index contributed by atoms with van der Waals surface area (Å²) in [5.41, 5.74) is 1.25. The first-order valence-electron chi connectivity index (χ1n) is 9.79. The molecule has 0 amide bonds. The number of halogens is 1. The number of benzene rings is 2. The molecule has 8 nitrogen and oxygen atoms in total. The number of aromatic nitrogens is 1. The molecule has 0 atom stereocenters. The van der Waals surface area contributed by atoms with E-state index in [1.807, 2.05) is 0 Å². The van der Waals surface area contributed by atoms with Gasteiger partial charge in [0.1, 0.15) is 11.5 Å². The van der Waals surface area contributed by atoms with E-state index in [2.05, 4.69) is 14.7 Å². The highest BCUT2D eigenvalue weighted by Crippen LogP contribution is 2.28. The Balaban J connectivity index is 1.35. The molecule has 2 aromatic carbocycles. The molecule has 3 heterocycles. The van der Waals surface area contributed by atoms with Crippen LogP contribution in [0.25, 0.3) is 17.4 Å². The molecule has 1 N–H and O–H groups in total. The number of rotatable bonds is 6. The largest absolute Gasteiger partial charge is 0.457 e. The number of sulfonamides is 1. The van der Waals surface area contributed by atoms with Gasteiger partial charge >= 0.3 is 5.97 Å². The Morgan fingerprint density at radius 1 is 1.03 bits per heavy atom. The van der Waals surface area contributed by atoms with E-state index in [9.17, 15) is 13.2 Å². The van der Waals surface area contributed by atoms with Crippen molar-refractivity contribution in [2.75, 3.05) is 4.72 Å². The lowest BCUT2D eigenvalue weighted by atomic mass is 10.2. The molecule has 2 aromatic heterocycles. The summed E-state index contributed by atoms with van der Waals surface area (Å²) in [6, 6.07) is 16.5. The number of ether oxygens (including phenoxy) is 1. The van der Waals surface area contributed by atoms with Gasteiger partial charge in [0.2, 0.25) is 5.90 Å². The second kappa shape index (κ2) is 8.90. The van der Waals surface area contributed by atoms with Gasteiger partial charge in [-0.3, -0.25) is 4.72 Å². The topological polar surface area (TPSA) is 111 Å². The number of furan rings is 1. The Labute approximate surface area is 203 Å². The summed E-state index contributed by atoms with van der Waals surface area (Å²) in [5.74, 6) is 0.380. The summed E-state index contributed by atoms with van der Waals surface area (Å²) >= 11 is 7.34. The highest BCUT2D eigenvalue weighted by atomic mass is 35.5. The molecule has 0 radical (unpaired) electrons. The Bertz CT molecular complexity index is 1540. The van der Waals surface area contributed by atoms with Crippen molar-refractivity contribution in [2.45, 2.75) is 4.90 Å². The third-order valence-electron chi connectivity index (χ3n) is 4.73. The van der Waals surface area contributed by atoms with E-state index in [1.54, 1.807) is 53.9 Å². The van der Waals surface area contributed by atoms with Crippen molar-refractivity contribution in [3.8, 4) is 11.3 Å². The number of nitrogens with zero attached hydrogens (tertiary/aromatic N) is 2. The zero-order valence-corrected chi connectivity index (χ0v) is 19.5. The maximum Gasteiger partial charge on any atom is 0.363 e. The Kier molecular flexibility index (Phi) is 5.78. The molecular formula is C23H14ClN3O5S2. The van der Waals surface area contributed by atoms with Gasteiger partial charge in [-0.15, -0.1) is 11.3 Å². The van der Waals surface area contributed by atoms with Crippen molar-refractivity contribution >= 4 is 56.0 Å². The lowest BCUT2D eigenvalue weighted by molar-refractivity contribution is -0.129. The minimum atomic E-state index is -3.75. The number of esters is 1. The molecule has 0 saturated heterocycles. The molecule has 0 aliphatic carbocycles. The van der Waals surface area contributed by atoms with Crippen LogP contribution in [0.3, 0.4) is 0 Å². The van der Waals surface area contributed by atoms with E-state index in [0.717, 1.165) is 0 Å². The maximum atomic E-state index is 12.5. The number of aliphatic imine (C=N–C) groups is 1. The van der Waals surface area contributed by atoms with Crippen molar-refractivity contribution in [2.24, 2.45) is 4.99 Å². The van der Waals surface area contributed by atoms with Crippen molar-refractivity contribution in [1.82, 2.24) is 4.98 Å². The van der Waals surface area contributed by atoms with E-state index >= 15 is 0 Å². The van der Waals surface area contributed by atoms with Gasteiger partial charge in [0.25, 0.3) is 10.0 Å². The maximum absolute atomic E-state index is 12.5. The molecule has 4 aromatic rings. The summed E-state index contributed by atoms with van der Waals surface area (Å²) < 4.78 is 38.4. The van der Waals surface area contributed by atoms with Crippen molar-refractivity contribution in [1.29, 1.82) is 0 Å². The summed E-state index contributed by atoms with van der Waals surface area (Å²) in [6.45, 7) is 0. The number of anilines is 1. The average Bonchev–Trinajstić information content (AvgIpc) is 3.57. The zero-order valence-electron chi connectivity index (χ0n) is 17.1. The van der Waals surface area contributed by atoms with Gasteiger partial charge in [0.15, 0.2) is 10.8 Å². The predicted molar refractivity (Wildman–Crippen MR) is 129 cm³/mol. The number of hydrogen-bond acceptors (Lipinski definition) is 8. The second-order valence-electron chi connectivity index (χ2n) is 6.99. The summed E-state index contributed by atoms with van der Waals surface area (Å²) in [6.07, 6.45) is 2.98. The molecule has 170 valence electrons. The molecule has 0 fully saturated rings. The van der Waals surface area contributed by atoms with E-state index in [-0.39, 0.29) is 16.5 Å². The highest BCUT2D eigenvalue weighted by Gasteiger charge is 2.26. The standard InChI is InChI=1S/C23H14ClN3O5S2/c24-18-4-2-1-3-17(18)21-26-19(22(28)32-21)13-15-7-10-20(31-15)14-5-8-16(9-6-14)34(29,30)27-23-25-11-12-33-23/h1-13H,(H,25,27). The Morgan fingerprint density at radius 2 is 1.82 bits per heavy atom. The first-order valence-corrected chi connectivity index (χ1v) is 12.5. The molecule has 1 aliphatic rings. The van der Waals surface area contributed by atoms with Crippen molar-refractivity contribution < 1.29 is 22.4 Å². The smallest absolute Gasteiger partial charge is 0.363 e. The van der Waals surface area contributed by atoms with Crippen LogP contribution in [0.4, 0.5) is 5.13 Å². The van der Waals surface area contributed by atoms with Crippen LogP contribution in [-0.4, -0.2) is 25.3 Å². The molecular weight excluding hydrogens is 498 g/mol. The van der Waals surface area contributed by atoms with Gasteiger partial charge < -0.3 is 9.15 Å². The molecule has 0 bridgehead atoms. The van der Waals surface area contributed by atoms with Crippen LogP contribution < -0.4 is 4.72 Å². The third kappa shape index (κ3) is 4.51. The number of nitrogens with one attached hydrogen (secondary N) is 1. The predicted octanol–water partition coefficient (Wildman–Crippen LogP) is 5.20. The number of carbonyl (C=O) groups is 1. The van der Waals surface area contributed by atoms with Gasteiger partial charge in [-0.1, -0.05) is 23.7 Å². The van der Waals surface area contributed by atoms with Crippen LogP contribution in [0, 0.1) is 0 Å². The van der Waals surface area contributed by atoms with Crippen LogP contribution in [-0.2, 0) is 19.6 Å². The van der Waals surface area contributed by atoms with Gasteiger partial charge in [-0.2, -0.15) is 0 Å². The molecule has 11 heteroatoms. The van der Waals surface area contributed by atoms with E-state index < -0.39 is 16.0 Å². The Morgan fingerprint density at radius 3 is 2.56 bits per heavy atom. The zero-order chi connectivity index (χ0) is 23.7. The second-order valence-corrected chi connectivity index (χ2v) is 9.97. The van der Waals surface area contributed by atoms with E-state index in [1.165, 1.54) is 35.7 Å². The van der Waals surface area contributed by atoms with Crippen LogP contribution in [0.2, 0.25) is 5.02 Å². The average molecular weight is 512 g/mol. The third-order valence-corrected chi connectivity index (χ3v) is 7.24. The Hall–Kier alpha value is -3.73. The highest BCUT2D eigenvalue weighted by molar-refractivity contribution is 7.93. The number of hydrogen-bond donors (Lipinski definition) is 1. The molecule has 0 saturated carbocycles. The van der Waals surface area contributed by atoms with Gasteiger partial charge in [-0.25, -0.2) is 23.2 Å². The normalized spacial score (nSPS) is 14.8. The quantitative estimate of drug-likeness (QED) is 0.281. The van der Waals surface area contributed by atoms with Crippen LogP contribution in [0.15, 0.2) is 92.2 Å². The molecule has 5 rings (SSSR count).